The maximum absolute atomic E-state index is 5.91. The van der Waals surface area contributed by atoms with Crippen LogP contribution in [0.1, 0.15) is 44.2 Å². The summed E-state index contributed by atoms with van der Waals surface area (Å²) >= 11 is 0. The molecular weight excluding hydrogens is 250 g/mol. The minimum atomic E-state index is 0.213. The molecule has 2 N–H and O–H groups in total. The summed E-state index contributed by atoms with van der Waals surface area (Å²) in [5.41, 5.74) is 8.07. The second kappa shape index (κ2) is 6.37. The molecule has 4 nitrogen and oxygen atoms in total. The summed E-state index contributed by atoms with van der Waals surface area (Å²) in [5, 5.41) is 0. The Balaban J connectivity index is 2.23. The van der Waals surface area contributed by atoms with E-state index in [0.29, 0.717) is 11.7 Å². The molecule has 1 heterocycles. The molecule has 0 aliphatic rings. The SMILES string of the molecule is CCCc1ccc(Oc2ncnc(N)c2C(C)C)cc1. The van der Waals surface area contributed by atoms with E-state index in [1.807, 2.05) is 26.0 Å². The predicted molar refractivity (Wildman–Crippen MR) is 81.0 cm³/mol. The molecule has 4 heteroatoms. The lowest BCUT2D eigenvalue weighted by atomic mass is 10.1. The molecular formula is C16H21N3O. The topological polar surface area (TPSA) is 61.0 Å². The van der Waals surface area contributed by atoms with Crippen molar-refractivity contribution in [1.29, 1.82) is 0 Å². The van der Waals surface area contributed by atoms with Gasteiger partial charge in [-0.2, -0.15) is 0 Å². The Morgan fingerprint density at radius 1 is 1.15 bits per heavy atom. The average molecular weight is 271 g/mol. The highest BCUT2D eigenvalue weighted by atomic mass is 16.5. The minimum Gasteiger partial charge on any atom is -0.439 e. The number of hydrogen-bond acceptors (Lipinski definition) is 4. The molecule has 0 saturated carbocycles. The summed E-state index contributed by atoms with van der Waals surface area (Å²) in [7, 11) is 0. The number of rotatable bonds is 5. The Morgan fingerprint density at radius 3 is 2.45 bits per heavy atom. The third-order valence-electron chi connectivity index (χ3n) is 3.13. The van der Waals surface area contributed by atoms with Crippen molar-refractivity contribution in [3.05, 3.63) is 41.7 Å². The smallest absolute Gasteiger partial charge is 0.227 e. The zero-order chi connectivity index (χ0) is 14.5. The highest BCUT2D eigenvalue weighted by molar-refractivity contribution is 5.48. The molecule has 0 radical (unpaired) electrons. The first-order chi connectivity index (χ1) is 9.61. The van der Waals surface area contributed by atoms with Gasteiger partial charge in [-0.1, -0.05) is 39.3 Å². The predicted octanol–water partition coefficient (Wildman–Crippen LogP) is 3.93. The van der Waals surface area contributed by atoms with Gasteiger partial charge in [-0.25, -0.2) is 9.97 Å². The van der Waals surface area contributed by atoms with E-state index in [9.17, 15) is 0 Å². The van der Waals surface area contributed by atoms with Gasteiger partial charge in [0.05, 0.1) is 5.56 Å². The van der Waals surface area contributed by atoms with Crippen LogP contribution >= 0.6 is 0 Å². The number of hydrogen-bond donors (Lipinski definition) is 1. The average Bonchev–Trinajstić information content (AvgIpc) is 2.41. The zero-order valence-corrected chi connectivity index (χ0v) is 12.3. The van der Waals surface area contributed by atoms with Crippen molar-refractivity contribution in [2.24, 2.45) is 0 Å². The first-order valence-electron chi connectivity index (χ1n) is 6.99. The number of nitrogen functional groups attached to an aromatic ring is 1. The van der Waals surface area contributed by atoms with Crippen molar-refractivity contribution < 1.29 is 4.74 Å². The number of aromatic nitrogens is 2. The van der Waals surface area contributed by atoms with Gasteiger partial charge in [0.15, 0.2) is 0 Å². The fraction of sp³-hybridized carbons (Fsp3) is 0.375. The third-order valence-corrected chi connectivity index (χ3v) is 3.13. The molecule has 0 unspecified atom stereocenters. The van der Waals surface area contributed by atoms with Gasteiger partial charge in [0.25, 0.3) is 0 Å². The number of benzene rings is 1. The summed E-state index contributed by atoms with van der Waals surface area (Å²) in [6.45, 7) is 6.27. The monoisotopic (exact) mass is 271 g/mol. The van der Waals surface area contributed by atoms with Crippen molar-refractivity contribution >= 4 is 5.82 Å². The van der Waals surface area contributed by atoms with Crippen molar-refractivity contribution in [2.45, 2.75) is 39.5 Å². The highest BCUT2D eigenvalue weighted by Gasteiger charge is 2.14. The second-order valence-electron chi connectivity index (χ2n) is 5.13. The zero-order valence-electron chi connectivity index (χ0n) is 12.3. The molecule has 0 spiro atoms. The van der Waals surface area contributed by atoms with Crippen LogP contribution in [0.2, 0.25) is 0 Å². The third kappa shape index (κ3) is 3.26. The maximum Gasteiger partial charge on any atom is 0.227 e. The molecule has 0 bridgehead atoms. The van der Waals surface area contributed by atoms with Crippen molar-refractivity contribution in [3.8, 4) is 11.6 Å². The Hall–Kier alpha value is -2.10. The first kappa shape index (κ1) is 14.3. The standard InChI is InChI=1S/C16H21N3O/c1-4-5-12-6-8-13(9-7-12)20-16-14(11(2)3)15(17)18-10-19-16/h6-11H,4-5H2,1-3H3,(H2,17,18,19). The van der Waals surface area contributed by atoms with E-state index in [1.54, 1.807) is 0 Å². The molecule has 0 aliphatic carbocycles. The van der Waals surface area contributed by atoms with Gasteiger partial charge >= 0.3 is 0 Å². The van der Waals surface area contributed by atoms with Crippen LogP contribution in [-0.2, 0) is 6.42 Å². The molecule has 0 aliphatic heterocycles. The van der Waals surface area contributed by atoms with Crippen molar-refractivity contribution in [2.75, 3.05) is 5.73 Å². The summed E-state index contributed by atoms with van der Waals surface area (Å²) < 4.78 is 5.85. The molecule has 20 heavy (non-hydrogen) atoms. The van der Waals surface area contributed by atoms with Crippen LogP contribution in [0.15, 0.2) is 30.6 Å². The molecule has 2 aromatic rings. The molecule has 1 aromatic carbocycles. The van der Waals surface area contributed by atoms with Crippen LogP contribution in [0, 0.1) is 0 Å². The molecule has 106 valence electrons. The highest BCUT2D eigenvalue weighted by Crippen LogP contribution is 2.31. The van der Waals surface area contributed by atoms with Gasteiger partial charge in [0.2, 0.25) is 5.88 Å². The molecule has 1 aromatic heterocycles. The van der Waals surface area contributed by atoms with Crippen LogP contribution < -0.4 is 10.5 Å². The van der Waals surface area contributed by atoms with E-state index < -0.39 is 0 Å². The molecule has 0 atom stereocenters. The van der Waals surface area contributed by atoms with Crippen LogP contribution in [0.3, 0.4) is 0 Å². The van der Waals surface area contributed by atoms with Gasteiger partial charge in [0, 0.05) is 0 Å². The van der Waals surface area contributed by atoms with E-state index in [0.717, 1.165) is 24.2 Å². The number of ether oxygens (including phenoxy) is 1. The van der Waals surface area contributed by atoms with E-state index >= 15 is 0 Å². The van der Waals surface area contributed by atoms with Gasteiger partial charge in [-0.05, 0) is 30.0 Å². The molecule has 0 amide bonds. The Kier molecular flexibility index (Phi) is 4.56. The van der Waals surface area contributed by atoms with Crippen molar-refractivity contribution in [1.82, 2.24) is 9.97 Å². The second-order valence-corrected chi connectivity index (χ2v) is 5.13. The Bertz CT molecular complexity index is 564. The van der Waals surface area contributed by atoms with Gasteiger partial charge < -0.3 is 10.5 Å². The largest absolute Gasteiger partial charge is 0.439 e. The lowest BCUT2D eigenvalue weighted by Crippen LogP contribution is -2.04. The Morgan fingerprint density at radius 2 is 1.85 bits per heavy atom. The van der Waals surface area contributed by atoms with Crippen LogP contribution in [0.4, 0.5) is 5.82 Å². The molecule has 2 rings (SSSR count). The first-order valence-corrected chi connectivity index (χ1v) is 6.99. The number of nitrogens with zero attached hydrogens (tertiary/aromatic N) is 2. The Labute approximate surface area is 120 Å². The van der Waals surface area contributed by atoms with Gasteiger partial charge in [-0.3, -0.25) is 0 Å². The molecule has 0 saturated heterocycles. The van der Waals surface area contributed by atoms with E-state index in [4.69, 9.17) is 10.5 Å². The maximum atomic E-state index is 5.91. The van der Waals surface area contributed by atoms with E-state index in [1.165, 1.54) is 11.9 Å². The summed E-state index contributed by atoms with van der Waals surface area (Å²) in [5.74, 6) is 2.00. The quantitative estimate of drug-likeness (QED) is 0.895. The fourth-order valence-electron chi connectivity index (χ4n) is 2.14. The summed E-state index contributed by atoms with van der Waals surface area (Å²) in [6, 6.07) is 8.09. The van der Waals surface area contributed by atoms with Crippen LogP contribution in [0.25, 0.3) is 0 Å². The lowest BCUT2D eigenvalue weighted by molar-refractivity contribution is 0.452. The van der Waals surface area contributed by atoms with E-state index in [2.05, 4.69) is 29.0 Å². The summed E-state index contributed by atoms with van der Waals surface area (Å²) in [4.78, 5) is 8.23. The van der Waals surface area contributed by atoms with Crippen LogP contribution in [0.5, 0.6) is 11.6 Å². The van der Waals surface area contributed by atoms with Gasteiger partial charge in [-0.15, -0.1) is 0 Å². The fourth-order valence-corrected chi connectivity index (χ4v) is 2.14. The summed E-state index contributed by atoms with van der Waals surface area (Å²) in [6.07, 6.45) is 3.65. The number of nitrogens with two attached hydrogens (primary N) is 1. The number of aryl methyl sites for hydroxylation is 1. The van der Waals surface area contributed by atoms with Crippen LogP contribution in [-0.4, -0.2) is 9.97 Å². The van der Waals surface area contributed by atoms with Gasteiger partial charge in [0.1, 0.15) is 17.9 Å². The number of anilines is 1. The molecule has 0 fully saturated rings. The van der Waals surface area contributed by atoms with Crippen molar-refractivity contribution in [3.63, 3.8) is 0 Å². The van der Waals surface area contributed by atoms with E-state index in [-0.39, 0.29) is 5.92 Å². The normalized spacial score (nSPS) is 10.8. The minimum absolute atomic E-state index is 0.213. The lowest BCUT2D eigenvalue weighted by Gasteiger charge is -2.14.